The van der Waals surface area contributed by atoms with E-state index in [0.717, 1.165) is 30.6 Å². The Hall–Kier alpha value is -0.960. The van der Waals surface area contributed by atoms with E-state index >= 15 is 0 Å². The maximum absolute atomic E-state index is 14.0. The van der Waals surface area contributed by atoms with Gasteiger partial charge in [0.05, 0.1) is 6.10 Å². The quantitative estimate of drug-likeness (QED) is 0.559. The molecule has 0 amide bonds. The third-order valence-corrected chi connectivity index (χ3v) is 7.26. The molecule has 1 aromatic carbocycles. The van der Waals surface area contributed by atoms with Gasteiger partial charge in [-0.05, 0) is 74.3 Å². The molecule has 3 heteroatoms. The number of hydrogen-bond donors (Lipinski definition) is 1. The minimum Gasteiger partial charge on any atom is -0.388 e. The molecule has 2 fully saturated rings. The van der Waals surface area contributed by atoms with E-state index in [-0.39, 0.29) is 5.56 Å². The largest absolute Gasteiger partial charge is 0.388 e. The molecule has 0 radical (unpaired) electrons. The van der Waals surface area contributed by atoms with Crippen molar-refractivity contribution < 1.29 is 13.9 Å². The van der Waals surface area contributed by atoms with E-state index in [9.17, 15) is 13.9 Å². The van der Waals surface area contributed by atoms with Crippen molar-refractivity contribution in [1.82, 2.24) is 0 Å². The monoisotopic (exact) mass is 378 g/mol. The minimum absolute atomic E-state index is 0.129. The first-order valence-corrected chi connectivity index (χ1v) is 11.1. The van der Waals surface area contributed by atoms with Crippen molar-refractivity contribution >= 4 is 0 Å². The molecule has 0 spiro atoms. The lowest BCUT2D eigenvalue weighted by molar-refractivity contribution is 0.0985. The SMILES string of the molecule is CCCC1CCC(C2CCC(CC(O)c3cc(C)cc(F)c3F)CC2)CC1. The minimum atomic E-state index is -0.898. The van der Waals surface area contributed by atoms with Gasteiger partial charge in [0.25, 0.3) is 0 Å². The first-order valence-electron chi connectivity index (χ1n) is 11.1. The molecule has 1 aromatic rings. The normalized spacial score (nSPS) is 30.3. The van der Waals surface area contributed by atoms with E-state index in [1.54, 1.807) is 13.0 Å². The molecule has 152 valence electrons. The molecule has 1 unspecified atom stereocenters. The van der Waals surface area contributed by atoms with Crippen molar-refractivity contribution in [2.45, 2.75) is 90.6 Å². The average Bonchev–Trinajstić information content (AvgIpc) is 2.66. The van der Waals surface area contributed by atoms with Crippen LogP contribution >= 0.6 is 0 Å². The number of hydrogen-bond acceptors (Lipinski definition) is 1. The van der Waals surface area contributed by atoms with Gasteiger partial charge in [0, 0.05) is 5.56 Å². The molecule has 2 aliphatic carbocycles. The molecule has 1 nitrogen and oxygen atoms in total. The molecule has 3 rings (SSSR count). The van der Waals surface area contributed by atoms with Gasteiger partial charge in [-0.1, -0.05) is 51.5 Å². The molecule has 0 aliphatic heterocycles. The summed E-state index contributed by atoms with van der Waals surface area (Å²) < 4.78 is 27.7. The summed E-state index contributed by atoms with van der Waals surface area (Å²) in [6, 6.07) is 2.77. The van der Waals surface area contributed by atoms with E-state index < -0.39 is 17.7 Å². The Balaban J connectivity index is 1.47. The maximum atomic E-state index is 14.0. The Morgan fingerprint density at radius 2 is 1.48 bits per heavy atom. The fourth-order valence-corrected chi connectivity index (χ4v) is 5.69. The summed E-state index contributed by atoms with van der Waals surface area (Å²) >= 11 is 0. The van der Waals surface area contributed by atoms with Gasteiger partial charge in [-0.25, -0.2) is 8.78 Å². The fourth-order valence-electron chi connectivity index (χ4n) is 5.69. The Kier molecular flexibility index (Phi) is 7.30. The Labute approximate surface area is 163 Å². The van der Waals surface area contributed by atoms with Crippen LogP contribution in [0.1, 0.15) is 94.8 Å². The van der Waals surface area contributed by atoms with E-state index in [0.29, 0.717) is 17.9 Å². The highest BCUT2D eigenvalue weighted by Gasteiger charge is 2.31. The fraction of sp³-hybridized carbons (Fsp3) is 0.750. The lowest BCUT2D eigenvalue weighted by atomic mass is 9.68. The molecule has 0 bridgehead atoms. The first-order chi connectivity index (χ1) is 13.0. The molecule has 0 heterocycles. The van der Waals surface area contributed by atoms with Gasteiger partial charge in [-0.15, -0.1) is 0 Å². The molecule has 1 atom stereocenters. The third kappa shape index (κ3) is 5.31. The summed E-state index contributed by atoms with van der Waals surface area (Å²) in [7, 11) is 0. The predicted octanol–water partition coefficient (Wildman–Crippen LogP) is 7.11. The lowest BCUT2D eigenvalue weighted by Gasteiger charge is -2.38. The number of rotatable bonds is 6. The second kappa shape index (κ2) is 9.49. The number of aryl methyl sites for hydroxylation is 1. The number of halogens is 2. The molecule has 1 N–H and O–H groups in total. The predicted molar refractivity (Wildman–Crippen MR) is 106 cm³/mol. The van der Waals surface area contributed by atoms with E-state index in [2.05, 4.69) is 6.92 Å². The van der Waals surface area contributed by atoms with E-state index in [1.165, 1.54) is 57.4 Å². The van der Waals surface area contributed by atoms with Crippen molar-refractivity contribution in [3.63, 3.8) is 0 Å². The Bertz CT molecular complexity index is 599. The molecular weight excluding hydrogens is 342 g/mol. The summed E-state index contributed by atoms with van der Waals surface area (Å²) in [5.41, 5.74) is 0.786. The highest BCUT2D eigenvalue weighted by atomic mass is 19.2. The first kappa shape index (κ1) is 20.8. The zero-order valence-electron chi connectivity index (χ0n) is 17.0. The summed E-state index contributed by atoms with van der Waals surface area (Å²) in [5.74, 6) is 1.39. The van der Waals surface area contributed by atoms with Crippen LogP contribution in [-0.2, 0) is 0 Å². The maximum Gasteiger partial charge on any atom is 0.164 e. The van der Waals surface area contributed by atoms with Gasteiger partial charge in [0.15, 0.2) is 11.6 Å². The van der Waals surface area contributed by atoms with E-state index in [1.807, 2.05) is 0 Å². The highest BCUT2D eigenvalue weighted by Crippen LogP contribution is 2.43. The van der Waals surface area contributed by atoms with Crippen molar-refractivity contribution in [2.75, 3.05) is 0 Å². The topological polar surface area (TPSA) is 20.2 Å². The number of aliphatic hydroxyl groups is 1. The van der Waals surface area contributed by atoms with Crippen LogP contribution in [0.5, 0.6) is 0 Å². The van der Waals surface area contributed by atoms with Crippen molar-refractivity contribution in [2.24, 2.45) is 23.7 Å². The number of benzene rings is 1. The van der Waals surface area contributed by atoms with Crippen LogP contribution in [0.3, 0.4) is 0 Å². The molecular formula is C24H36F2O. The standard InChI is InChI=1S/C24H36F2O/c1-3-4-17-5-9-19(10-6-17)20-11-7-18(8-12-20)15-23(27)21-13-16(2)14-22(25)24(21)26/h13-14,17-20,23,27H,3-12,15H2,1-2H3. The number of aliphatic hydroxyl groups excluding tert-OH is 1. The van der Waals surface area contributed by atoms with Gasteiger partial charge < -0.3 is 5.11 Å². The zero-order valence-corrected chi connectivity index (χ0v) is 17.0. The Morgan fingerprint density at radius 1 is 0.926 bits per heavy atom. The summed E-state index contributed by atoms with van der Waals surface area (Å²) in [4.78, 5) is 0. The van der Waals surface area contributed by atoms with Gasteiger partial charge in [0.2, 0.25) is 0 Å². The van der Waals surface area contributed by atoms with Crippen LogP contribution in [0.4, 0.5) is 8.78 Å². The van der Waals surface area contributed by atoms with Crippen LogP contribution in [0.2, 0.25) is 0 Å². The second-order valence-electron chi connectivity index (χ2n) is 9.25. The van der Waals surface area contributed by atoms with Crippen LogP contribution in [-0.4, -0.2) is 5.11 Å². The van der Waals surface area contributed by atoms with Gasteiger partial charge in [-0.3, -0.25) is 0 Å². The summed E-state index contributed by atoms with van der Waals surface area (Å²) in [5, 5.41) is 10.5. The van der Waals surface area contributed by atoms with Crippen molar-refractivity contribution in [3.8, 4) is 0 Å². The zero-order chi connectivity index (χ0) is 19.4. The molecule has 0 aromatic heterocycles. The summed E-state index contributed by atoms with van der Waals surface area (Å²) in [6.45, 7) is 4.03. The van der Waals surface area contributed by atoms with E-state index in [4.69, 9.17) is 0 Å². The molecule has 27 heavy (non-hydrogen) atoms. The van der Waals surface area contributed by atoms with Crippen LogP contribution < -0.4 is 0 Å². The molecule has 2 saturated carbocycles. The molecule has 2 aliphatic rings. The third-order valence-electron chi connectivity index (χ3n) is 7.26. The smallest absolute Gasteiger partial charge is 0.164 e. The second-order valence-corrected chi connectivity index (χ2v) is 9.25. The van der Waals surface area contributed by atoms with Crippen molar-refractivity contribution in [3.05, 3.63) is 34.9 Å². The van der Waals surface area contributed by atoms with Crippen molar-refractivity contribution in [1.29, 1.82) is 0 Å². The van der Waals surface area contributed by atoms with Crippen LogP contribution in [0.25, 0.3) is 0 Å². The van der Waals surface area contributed by atoms with Gasteiger partial charge in [-0.2, -0.15) is 0 Å². The van der Waals surface area contributed by atoms with Crippen LogP contribution in [0, 0.1) is 42.2 Å². The lowest BCUT2D eigenvalue weighted by Crippen LogP contribution is -2.26. The summed E-state index contributed by atoms with van der Waals surface area (Å²) in [6.07, 6.45) is 12.7. The highest BCUT2D eigenvalue weighted by molar-refractivity contribution is 5.27. The van der Waals surface area contributed by atoms with Gasteiger partial charge >= 0.3 is 0 Å². The molecule has 0 saturated heterocycles. The van der Waals surface area contributed by atoms with Gasteiger partial charge in [0.1, 0.15) is 0 Å². The Morgan fingerprint density at radius 3 is 2.04 bits per heavy atom. The average molecular weight is 379 g/mol. The van der Waals surface area contributed by atoms with Crippen LogP contribution in [0.15, 0.2) is 12.1 Å².